The van der Waals surface area contributed by atoms with Crippen molar-refractivity contribution in [1.82, 2.24) is 0 Å². The largest absolute Gasteiger partial charge is 0.496 e. The highest BCUT2D eigenvalue weighted by Gasteiger charge is 2.09. The molecule has 0 saturated carbocycles. The van der Waals surface area contributed by atoms with E-state index < -0.39 is 9.68 Å². The monoisotopic (exact) mass is 270 g/mol. The maximum atomic E-state index is 11.9. The normalized spacial score (nSPS) is 11.2. The number of nitrogens with zero attached hydrogens (tertiary/aromatic N) is 2. The number of hydrogen-bond acceptors (Lipinski definition) is 3. The molecule has 0 heterocycles. The van der Waals surface area contributed by atoms with Crippen LogP contribution in [0.3, 0.4) is 0 Å². The van der Waals surface area contributed by atoms with Crippen molar-refractivity contribution in [3.05, 3.63) is 60.2 Å². The number of hydrogen-bond donors (Lipinski definition) is 0. The number of ether oxygens (including phenoxy) is 1. The molecule has 0 aliphatic heterocycles. The number of amides is 1. The Kier molecular flexibility index (Phi) is 4.58. The molecule has 1 amide bonds. The van der Waals surface area contributed by atoms with Crippen molar-refractivity contribution in [2.45, 2.75) is 0 Å². The van der Waals surface area contributed by atoms with Gasteiger partial charge in [0, 0.05) is 0 Å². The van der Waals surface area contributed by atoms with E-state index >= 15 is 0 Å². The first-order valence-electron chi connectivity index (χ1n) is 5.90. The minimum absolute atomic E-state index is 0.360. The van der Waals surface area contributed by atoms with Gasteiger partial charge in [-0.2, -0.15) is 0 Å². The summed E-state index contributed by atoms with van der Waals surface area (Å²) in [5, 5.41) is 4.92. The molecule has 2 aromatic rings. The average molecular weight is 270 g/mol. The lowest BCUT2D eigenvalue weighted by atomic mass is 10.2. The quantitative estimate of drug-likeness (QED) is 0.627. The molecule has 0 saturated heterocycles. The molecular weight excluding hydrogens is 256 g/mol. The van der Waals surface area contributed by atoms with Gasteiger partial charge in [-0.3, -0.25) is 4.79 Å². The van der Waals surface area contributed by atoms with Crippen molar-refractivity contribution >= 4 is 20.8 Å². The lowest BCUT2D eigenvalue weighted by molar-refractivity contribution is 0.0993. The van der Waals surface area contributed by atoms with Crippen LogP contribution in [0.15, 0.2) is 64.5 Å². The molecule has 4 nitrogen and oxygen atoms in total. The number of methoxy groups -OCH3 is 1. The van der Waals surface area contributed by atoms with Gasteiger partial charge in [-0.25, -0.2) is 4.78 Å². The molecule has 0 fully saturated rings. The van der Waals surface area contributed by atoms with Crippen molar-refractivity contribution in [2.24, 2.45) is 9.89 Å². The maximum absolute atomic E-state index is 11.9. The van der Waals surface area contributed by atoms with Crippen molar-refractivity contribution in [1.29, 1.82) is 0 Å². The van der Waals surface area contributed by atoms with E-state index in [1.165, 1.54) is 7.11 Å². The second-order valence-corrected chi connectivity index (χ2v) is 5.31. The fourth-order valence-corrected chi connectivity index (χ4v) is 2.49. The third-order valence-electron chi connectivity index (χ3n) is 2.60. The van der Waals surface area contributed by atoms with Crippen LogP contribution in [0.5, 0.6) is 5.75 Å². The van der Waals surface area contributed by atoms with Gasteiger partial charge < -0.3 is 4.74 Å². The molecule has 19 heavy (non-hydrogen) atoms. The van der Waals surface area contributed by atoms with Gasteiger partial charge in [0.2, 0.25) is 9.68 Å². The molecule has 2 aromatic carbocycles. The zero-order valence-electron chi connectivity index (χ0n) is 10.6. The van der Waals surface area contributed by atoms with Gasteiger partial charge in [-0.05, 0) is 17.3 Å². The third-order valence-corrected chi connectivity index (χ3v) is 3.71. The van der Waals surface area contributed by atoms with Crippen LogP contribution in [-0.2, 0) is 0 Å². The summed E-state index contributed by atoms with van der Waals surface area (Å²) in [6.45, 7) is 0. The highest BCUT2D eigenvalue weighted by molar-refractivity contribution is 6.51. The average Bonchev–Trinajstić information content (AvgIpc) is 2.48. The molecule has 0 aliphatic rings. The molecular formula is C14H14N2O2Si. The zero-order valence-corrected chi connectivity index (χ0v) is 12.0. The summed E-state index contributed by atoms with van der Waals surface area (Å²) < 4.78 is 9.17. The van der Waals surface area contributed by atoms with Crippen LogP contribution >= 0.6 is 0 Å². The second-order valence-electron chi connectivity index (χ2n) is 3.89. The molecule has 0 unspecified atom stereocenters. The van der Waals surface area contributed by atoms with Gasteiger partial charge in [0.15, 0.2) is 0 Å². The Morgan fingerprint density at radius 1 is 1.05 bits per heavy atom. The highest BCUT2D eigenvalue weighted by Crippen LogP contribution is 2.18. The van der Waals surface area contributed by atoms with Gasteiger partial charge >= 0.3 is 0 Å². The van der Waals surface area contributed by atoms with E-state index in [0.717, 1.165) is 5.19 Å². The lowest BCUT2D eigenvalue weighted by Gasteiger charge is -2.03. The second kappa shape index (κ2) is 6.60. The van der Waals surface area contributed by atoms with Crippen LogP contribution in [0.2, 0.25) is 0 Å². The summed E-state index contributed by atoms with van der Waals surface area (Å²) in [6.07, 6.45) is 0. The van der Waals surface area contributed by atoms with E-state index in [1.54, 1.807) is 18.2 Å². The molecule has 0 spiro atoms. The Hall–Kier alpha value is -2.27. The van der Waals surface area contributed by atoms with Gasteiger partial charge in [0.25, 0.3) is 5.91 Å². The van der Waals surface area contributed by atoms with Crippen molar-refractivity contribution in [2.75, 3.05) is 7.11 Å². The first kappa shape index (κ1) is 13.2. The molecule has 0 aliphatic carbocycles. The highest BCUT2D eigenvalue weighted by atomic mass is 28.2. The van der Waals surface area contributed by atoms with Crippen molar-refractivity contribution in [3.8, 4) is 5.75 Å². The Morgan fingerprint density at radius 3 is 2.47 bits per heavy atom. The summed E-state index contributed by atoms with van der Waals surface area (Å²) in [7, 11) is 0.649. The van der Waals surface area contributed by atoms with Crippen LogP contribution in [0.1, 0.15) is 10.4 Å². The number of rotatable bonds is 4. The number of para-hydroxylation sites is 1. The van der Waals surface area contributed by atoms with E-state index in [1.807, 2.05) is 36.4 Å². The lowest BCUT2D eigenvalue weighted by Crippen LogP contribution is -2.10. The predicted octanol–water partition coefficient (Wildman–Crippen LogP) is 1.70. The molecule has 0 radical (unpaired) electrons. The van der Waals surface area contributed by atoms with Crippen molar-refractivity contribution < 1.29 is 9.53 Å². The Morgan fingerprint density at radius 2 is 1.74 bits per heavy atom. The fraction of sp³-hybridized carbons (Fsp3) is 0.0714. The predicted molar refractivity (Wildman–Crippen MR) is 76.8 cm³/mol. The Balaban J connectivity index is 2.05. The van der Waals surface area contributed by atoms with Crippen LogP contribution in [-0.4, -0.2) is 22.7 Å². The Labute approximate surface area is 114 Å². The molecule has 96 valence electrons. The van der Waals surface area contributed by atoms with E-state index in [4.69, 9.17) is 4.74 Å². The van der Waals surface area contributed by atoms with Gasteiger partial charge in [0.1, 0.15) is 5.75 Å². The van der Waals surface area contributed by atoms with Crippen LogP contribution in [0.25, 0.3) is 0 Å². The molecule has 0 atom stereocenters. The summed E-state index contributed by atoms with van der Waals surface area (Å²) in [5.41, 5.74) is 0.441. The fourth-order valence-electron chi connectivity index (χ4n) is 1.64. The Bertz CT molecular complexity index is 585. The number of carbonyl (C=O) groups is 1. The summed E-state index contributed by atoms with van der Waals surface area (Å²) in [4.78, 5) is 11.9. The minimum Gasteiger partial charge on any atom is -0.496 e. The van der Waals surface area contributed by atoms with Crippen LogP contribution < -0.4 is 9.92 Å². The number of carbonyl (C=O) groups excluding carboxylic acids is 1. The first-order chi connectivity index (χ1) is 9.31. The number of benzene rings is 2. The topological polar surface area (TPSA) is 51.0 Å². The smallest absolute Gasteiger partial charge is 0.297 e. The standard InChI is InChI=1S/C14H14N2O2Si/c1-18-13-10-6-5-9-12(13)14(17)15-16-19-11-7-3-2-4-8-11/h2-10H,19H2,1H3. The molecule has 2 rings (SSSR count). The van der Waals surface area contributed by atoms with Gasteiger partial charge in [-0.1, -0.05) is 42.5 Å². The van der Waals surface area contributed by atoms with Crippen LogP contribution in [0, 0.1) is 0 Å². The minimum atomic E-state index is -0.881. The van der Waals surface area contributed by atoms with E-state index in [-0.39, 0.29) is 5.91 Å². The van der Waals surface area contributed by atoms with E-state index in [2.05, 4.69) is 9.89 Å². The molecule has 5 heteroatoms. The zero-order chi connectivity index (χ0) is 13.5. The summed E-state index contributed by atoms with van der Waals surface area (Å²) >= 11 is 0. The van der Waals surface area contributed by atoms with Crippen molar-refractivity contribution in [3.63, 3.8) is 0 Å². The van der Waals surface area contributed by atoms with E-state index in [9.17, 15) is 4.79 Å². The maximum Gasteiger partial charge on any atom is 0.297 e. The summed E-state index contributed by atoms with van der Waals surface area (Å²) in [5.74, 6) is 0.161. The molecule has 0 aromatic heterocycles. The molecule has 0 bridgehead atoms. The summed E-state index contributed by atoms with van der Waals surface area (Å²) in [6, 6.07) is 16.9. The van der Waals surface area contributed by atoms with Gasteiger partial charge in [-0.15, -0.1) is 5.11 Å². The SMILES string of the molecule is COc1ccccc1C(=O)N=N[SiH2]c1ccccc1. The first-order valence-corrected chi connectivity index (χ1v) is 7.24. The van der Waals surface area contributed by atoms with Gasteiger partial charge in [0.05, 0.1) is 12.7 Å². The van der Waals surface area contributed by atoms with Crippen LogP contribution in [0.4, 0.5) is 0 Å². The third kappa shape index (κ3) is 3.59. The molecule has 0 N–H and O–H groups in total. The van der Waals surface area contributed by atoms with E-state index in [0.29, 0.717) is 11.3 Å².